The monoisotopic (exact) mass is 209 g/mol. The lowest BCUT2D eigenvalue weighted by Crippen LogP contribution is -2.25. The molecule has 0 atom stereocenters. The van der Waals surface area contributed by atoms with E-state index in [4.69, 9.17) is 15.5 Å². The predicted octanol–water partition coefficient (Wildman–Crippen LogP) is 2.60. The third-order valence-corrected chi connectivity index (χ3v) is 2.22. The minimum absolute atomic E-state index is 0.189. The Morgan fingerprint density at radius 3 is 2.07 bits per heavy atom. The SMILES string of the molecule is CC(C)Oc1ccc(C(C)(C)ON)cc1. The van der Waals surface area contributed by atoms with Gasteiger partial charge in [-0.1, -0.05) is 12.1 Å². The maximum absolute atomic E-state index is 5.54. The minimum Gasteiger partial charge on any atom is -0.491 e. The molecule has 0 spiro atoms. The topological polar surface area (TPSA) is 44.5 Å². The van der Waals surface area contributed by atoms with Crippen LogP contribution in [0.25, 0.3) is 0 Å². The van der Waals surface area contributed by atoms with Crippen LogP contribution in [0.3, 0.4) is 0 Å². The van der Waals surface area contributed by atoms with Crippen LogP contribution in [0.5, 0.6) is 5.75 Å². The summed E-state index contributed by atoms with van der Waals surface area (Å²) in [6.07, 6.45) is 0.189. The van der Waals surface area contributed by atoms with Gasteiger partial charge in [0, 0.05) is 0 Å². The van der Waals surface area contributed by atoms with Crippen molar-refractivity contribution in [3.8, 4) is 5.75 Å². The van der Waals surface area contributed by atoms with Crippen LogP contribution < -0.4 is 10.6 Å². The fraction of sp³-hybridized carbons (Fsp3) is 0.500. The van der Waals surface area contributed by atoms with Gasteiger partial charge in [0.25, 0.3) is 0 Å². The first kappa shape index (κ1) is 12.0. The van der Waals surface area contributed by atoms with Crippen molar-refractivity contribution in [3.63, 3.8) is 0 Å². The Labute approximate surface area is 91.1 Å². The molecule has 0 aliphatic rings. The zero-order valence-electron chi connectivity index (χ0n) is 9.78. The van der Waals surface area contributed by atoms with Crippen molar-refractivity contribution in [2.24, 2.45) is 5.90 Å². The zero-order valence-corrected chi connectivity index (χ0v) is 9.78. The molecule has 84 valence electrons. The second-order valence-corrected chi connectivity index (χ2v) is 4.32. The van der Waals surface area contributed by atoms with E-state index in [1.54, 1.807) is 0 Å². The van der Waals surface area contributed by atoms with E-state index in [1.165, 1.54) is 0 Å². The van der Waals surface area contributed by atoms with Gasteiger partial charge >= 0.3 is 0 Å². The molecule has 0 aliphatic carbocycles. The number of ether oxygens (including phenoxy) is 1. The third-order valence-electron chi connectivity index (χ3n) is 2.22. The average Bonchev–Trinajstić information content (AvgIpc) is 2.18. The van der Waals surface area contributed by atoms with Crippen molar-refractivity contribution in [1.29, 1.82) is 0 Å². The number of rotatable bonds is 4. The molecule has 0 heterocycles. The van der Waals surface area contributed by atoms with Gasteiger partial charge < -0.3 is 4.74 Å². The second-order valence-electron chi connectivity index (χ2n) is 4.32. The molecule has 1 rings (SSSR count). The summed E-state index contributed by atoms with van der Waals surface area (Å²) in [4.78, 5) is 4.90. The lowest BCUT2D eigenvalue weighted by Gasteiger charge is -2.22. The van der Waals surface area contributed by atoms with E-state index in [1.807, 2.05) is 52.0 Å². The van der Waals surface area contributed by atoms with E-state index in [0.29, 0.717) is 0 Å². The van der Waals surface area contributed by atoms with E-state index < -0.39 is 5.60 Å². The average molecular weight is 209 g/mol. The molecular formula is C12H19NO2. The summed E-state index contributed by atoms with van der Waals surface area (Å²) < 4.78 is 5.54. The van der Waals surface area contributed by atoms with Gasteiger partial charge in [-0.3, -0.25) is 4.84 Å². The summed E-state index contributed by atoms with van der Waals surface area (Å²) in [6.45, 7) is 7.85. The molecule has 0 saturated carbocycles. The van der Waals surface area contributed by atoms with Gasteiger partial charge in [-0.15, -0.1) is 0 Å². The van der Waals surface area contributed by atoms with E-state index in [-0.39, 0.29) is 6.10 Å². The molecule has 0 amide bonds. The maximum atomic E-state index is 5.54. The smallest absolute Gasteiger partial charge is 0.119 e. The van der Waals surface area contributed by atoms with Crippen molar-refractivity contribution in [3.05, 3.63) is 29.8 Å². The highest BCUT2D eigenvalue weighted by molar-refractivity contribution is 5.30. The van der Waals surface area contributed by atoms with Crippen LogP contribution in [0.2, 0.25) is 0 Å². The quantitative estimate of drug-likeness (QED) is 0.775. The highest BCUT2D eigenvalue weighted by atomic mass is 16.6. The van der Waals surface area contributed by atoms with Crippen molar-refractivity contribution in [2.75, 3.05) is 0 Å². The van der Waals surface area contributed by atoms with Gasteiger partial charge in [0.1, 0.15) is 11.4 Å². The van der Waals surface area contributed by atoms with Crippen LogP contribution in [0, 0.1) is 0 Å². The van der Waals surface area contributed by atoms with E-state index in [2.05, 4.69) is 0 Å². The fourth-order valence-corrected chi connectivity index (χ4v) is 1.28. The molecule has 0 unspecified atom stereocenters. The van der Waals surface area contributed by atoms with Crippen molar-refractivity contribution < 1.29 is 9.57 Å². The summed E-state index contributed by atoms with van der Waals surface area (Å²) in [5, 5.41) is 0. The van der Waals surface area contributed by atoms with Crippen molar-refractivity contribution >= 4 is 0 Å². The van der Waals surface area contributed by atoms with Crippen LogP contribution >= 0.6 is 0 Å². The Hall–Kier alpha value is -1.06. The van der Waals surface area contributed by atoms with Crippen molar-refractivity contribution in [2.45, 2.75) is 39.4 Å². The Bertz CT molecular complexity index is 304. The summed E-state index contributed by atoms with van der Waals surface area (Å²) >= 11 is 0. The van der Waals surface area contributed by atoms with E-state index >= 15 is 0 Å². The molecule has 0 fully saturated rings. The molecule has 3 nitrogen and oxygen atoms in total. The molecule has 2 N–H and O–H groups in total. The summed E-state index contributed by atoms with van der Waals surface area (Å²) in [6, 6.07) is 7.78. The number of hydrogen-bond acceptors (Lipinski definition) is 3. The lowest BCUT2D eigenvalue weighted by atomic mass is 9.98. The Kier molecular flexibility index (Phi) is 3.72. The first-order chi connectivity index (χ1) is 6.95. The minimum atomic E-state index is -0.462. The molecule has 0 aliphatic heterocycles. The predicted molar refractivity (Wildman–Crippen MR) is 60.5 cm³/mol. The van der Waals surface area contributed by atoms with Gasteiger partial charge in [0.15, 0.2) is 0 Å². The number of benzene rings is 1. The molecule has 0 aromatic heterocycles. The Morgan fingerprint density at radius 2 is 1.67 bits per heavy atom. The summed E-state index contributed by atoms with van der Waals surface area (Å²) in [7, 11) is 0. The first-order valence-electron chi connectivity index (χ1n) is 5.11. The van der Waals surface area contributed by atoms with E-state index in [9.17, 15) is 0 Å². The molecule has 1 aromatic rings. The molecule has 0 bridgehead atoms. The first-order valence-corrected chi connectivity index (χ1v) is 5.11. The lowest BCUT2D eigenvalue weighted by molar-refractivity contribution is -0.0236. The van der Waals surface area contributed by atoms with Crippen LogP contribution in [-0.4, -0.2) is 6.10 Å². The van der Waals surface area contributed by atoms with Gasteiger partial charge in [0.05, 0.1) is 6.10 Å². The largest absolute Gasteiger partial charge is 0.491 e. The zero-order chi connectivity index (χ0) is 11.5. The van der Waals surface area contributed by atoms with E-state index in [0.717, 1.165) is 11.3 Å². The number of hydrogen-bond donors (Lipinski definition) is 1. The molecule has 1 aromatic carbocycles. The van der Waals surface area contributed by atoms with Gasteiger partial charge in [-0.05, 0) is 45.4 Å². The Morgan fingerprint density at radius 1 is 1.13 bits per heavy atom. The molecule has 0 radical (unpaired) electrons. The van der Waals surface area contributed by atoms with Gasteiger partial charge in [-0.25, -0.2) is 5.90 Å². The highest BCUT2D eigenvalue weighted by Gasteiger charge is 2.20. The van der Waals surface area contributed by atoms with Crippen molar-refractivity contribution in [1.82, 2.24) is 0 Å². The standard InChI is InChI=1S/C12H19NO2/c1-9(2)14-11-7-5-10(6-8-11)12(3,4)15-13/h5-9H,13H2,1-4H3. The van der Waals surface area contributed by atoms with Crippen LogP contribution in [0.4, 0.5) is 0 Å². The third kappa shape index (κ3) is 3.22. The summed E-state index contributed by atoms with van der Waals surface area (Å²) in [5.74, 6) is 6.09. The maximum Gasteiger partial charge on any atom is 0.119 e. The molecule has 15 heavy (non-hydrogen) atoms. The van der Waals surface area contributed by atoms with Gasteiger partial charge in [0.2, 0.25) is 0 Å². The molecule has 3 heteroatoms. The molecule has 0 saturated heterocycles. The van der Waals surface area contributed by atoms with Crippen LogP contribution in [0.15, 0.2) is 24.3 Å². The fourth-order valence-electron chi connectivity index (χ4n) is 1.28. The van der Waals surface area contributed by atoms with Gasteiger partial charge in [-0.2, -0.15) is 0 Å². The summed E-state index contributed by atoms with van der Waals surface area (Å²) in [5.41, 5.74) is 0.567. The van der Waals surface area contributed by atoms with Crippen LogP contribution in [0.1, 0.15) is 33.3 Å². The van der Waals surface area contributed by atoms with Crippen LogP contribution in [-0.2, 0) is 10.4 Å². The normalized spacial score (nSPS) is 11.9. The Balaban J connectivity index is 2.81. The highest BCUT2D eigenvalue weighted by Crippen LogP contribution is 2.25. The number of nitrogens with two attached hydrogens (primary N) is 1. The molecular weight excluding hydrogens is 190 g/mol. The second kappa shape index (κ2) is 4.64.